The maximum absolute atomic E-state index is 14.2. The Bertz CT molecular complexity index is 1440. The lowest BCUT2D eigenvalue weighted by atomic mass is 10.1. The zero-order chi connectivity index (χ0) is 30.9. The summed E-state index contributed by atoms with van der Waals surface area (Å²) in [5.74, 6) is -0.0239. The van der Waals surface area contributed by atoms with Crippen LogP contribution in [-0.2, 0) is 26.2 Å². The van der Waals surface area contributed by atoms with Crippen LogP contribution >= 0.6 is 0 Å². The van der Waals surface area contributed by atoms with Crippen LogP contribution in [0.1, 0.15) is 44.7 Å². The molecule has 0 aromatic heterocycles. The zero-order valence-electron chi connectivity index (χ0n) is 25.2. The number of benzene rings is 3. The molecule has 10 heteroatoms. The Morgan fingerprint density at radius 2 is 1.52 bits per heavy atom. The molecule has 0 bridgehead atoms. The van der Waals surface area contributed by atoms with Gasteiger partial charge >= 0.3 is 0 Å². The van der Waals surface area contributed by atoms with E-state index in [0.29, 0.717) is 12.2 Å². The fraction of sp³-hybridized carbons (Fsp3) is 0.375. The van der Waals surface area contributed by atoms with E-state index in [4.69, 9.17) is 9.47 Å². The molecule has 1 N–H and O–H groups in total. The molecule has 42 heavy (non-hydrogen) atoms. The second-order valence-corrected chi connectivity index (χ2v) is 12.0. The Morgan fingerprint density at radius 1 is 0.881 bits per heavy atom. The van der Waals surface area contributed by atoms with Crippen molar-refractivity contribution in [3.05, 3.63) is 83.9 Å². The average molecular weight is 596 g/mol. The molecule has 226 valence electrons. The maximum atomic E-state index is 14.2. The quantitative estimate of drug-likeness (QED) is 0.283. The molecule has 2 amide bonds. The Hall–Kier alpha value is -4.05. The summed E-state index contributed by atoms with van der Waals surface area (Å²) in [7, 11) is -1.31. The van der Waals surface area contributed by atoms with Gasteiger partial charge in [-0.15, -0.1) is 0 Å². The number of methoxy groups -OCH3 is 2. The van der Waals surface area contributed by atoms with E-state index in [9.17, 15) is 18.0 Å². The predicted molar refractivity (Wildman–Crippen MR) is 164 cm³/mol. The molecule has 0 saturated heterocycles. The van der Waals surface area contributed by atoms with E-state index < -0.39 is 28.5 Å². The lowest BCUT2D eigenvalue weighted by molar-refractivity contribution is -0.140. The van der Waals surface area contributed by atoms with Crippen molar-refractivity contribution >= 4 is 27.5 Å². The monoisotopic (exact) mass is 595 g/mol. The Morgan fingerprint density at radius 3 is 2.10 bits per heavy atom. The van der Waals surface area contributed by atoms with E-state index in [1.165, 1.54) is 31.3 Å². The number of ether oxygens (including phenoxy) is 2. The summed E-state index contributed by atoms with van der Waals surface area (Å²) < 4.78 is 39.9. The minimum absolute atomic E-state index is 0.0198. The van der Waals surface area contributed by atoms with Crippen molar-refractivity contribution in [1.29, 1.82) is 0 Å². The zero-order valence-corrected chi connectivity index (χ0v) is 26.0. The molecular weight excluding hydrogens is 554 g/mol. The SMILES string of the molecule is CC[C@H](C(=O)N[C@@H](C)CC)N(Cc1ccc(C)cc1)C(=O)CN(c1ccccc1OC)S(=O)(=O)c1ccc(OC)cc1. The molecule has 0 aliphatic carbocycles. The van der Waals surface area contributed by atoms with Gasteiger partial charge in [-0.25, -0.2) is 8.42 Å². The molecule has 9 nitrogen and oxygen atoms in total. The molecule has 0 saturated carbocycles. The van der Waals surface area contributed by atoms with Gasteiger partial charge in [0.25, 0.3) is 10.0 Å². The first-order valence-corrected chi connectivity index (χ1v) is 15.4. The number of rotatable bonds is 14. The van der Waals surface area contributed by atoms with Crippen LogP contribution in [0.15, 0.2) is 77.7 Å². The van der Waals surface area contributed by atoms with Crippen molar-refractivity contribution < 1.29 is 27.5 Å². The summed E-state index contributed by atoms with van der Waals surface area (Å²) in [6.45, 7) is 7.26. The highest BCUT2D eigenvalue weighted by Crippen LogP contribution is 2.33. The maximum Gasteiger partial charge on any atom is 0.264 e. The number of nitrogens with zero attached hydrogens (tertiary/aromatic N) is 2. The minimum atomic E-state index is -4.24. The number of anilines is 1. The smallest absolute Gasteiger partial charge is 0.264 e. The highest BCUT2D eigenvalue weighted by molar-refractivity contribution is 7.92. The number of hydrogen-bond donors (Lipinski definition) is 1. The van der Waals surface area contributed by atoms with Crippen LogP contribution in [0.5, 0.6) is 11.5 Å². The molecule has 0 aliphatic rings. The normalized spacial score (nSPS) is 12.6. The number of para-hydroxylation sites is 2. The van der Waals surface area contributed by atoms with Gasteiger partial charge in [0.05, 0.1) is 24.8 Å². The van der Waals surface area contributed by atoms with Crippen LogP contribution in [0.25, 0.3) is 0 Å². The Labute approximate surface area is 249 Å². The van der Waals surface area contributed by atoms with Gasteiger partial charge in [0.2, 0.25) is 11.8 Å². The van der Waals surface area contributed by atoms with Crippen molar-refractivity contribution in [1.82, 2.24) is 10.2 Å². The molecule has 0 radical (unpaired) electrons. The number of amides is 2. The van der Waals surface area contributed by atoms with Gasteiger partial charge in [-0.2, -0.15) is 0 Å². The van der Waals surface area contributed by atoms with Gasteiger partial charge in [-0.05, 0) is 68.7 Å². The Kier molecular flexibility index (Phi) is 11.4. The molecule has 0 unspecified atom stereocenters. The molecule has 3 aromatic rings. The summed E-state index contributed by atoms with van der Waals surface area (Å²) in [5, 5.41) is 2.98. The third-order valence-electron chi connectivity index (χ3n) is 7.14. The molecule has 3 aromatic carbocycles. The lowest BCUT2D eigenvalue weighted by Crippen LogP contribution is -2.53. The predicted octanol–water partition coefficient (Wildman–Crippen LogP) is 4.93. The van der Waals surface area contributed by atoms with Crippen LogP contribution in [0.3, 0.4) is 0 Å². The van der Waals surface area contributed by atoms with Crippen molar-refractivity contribution in [2.75, 3.05) is 25.1 Å². The van der Waals surface area contributed by atoms with Gasteiger partial charge in [0, 0.05) is 12.6 Å². The largest absolute Gasteiger partial charge is 0.497 e. The fourth-order valence-corrected chi connectivity index (χ4v) is 5.90. The number of carbonyl (C=O) groups excluding carboxylic acids is 2. The third-order valence-corrected chi connectivity index (χ3v) is 8.91. The molecule has 0 aliphatic heterocycles. The standard InChI is InChI=1S/C32H41N3O6S/c1-7-24(4)33-32(37)28(8-2)34(21-25-15-13-23(3)14-16-25)31(36)22-35(29-11-9-10-12-30(29)41-6)42(38,39)27-19-17-26(40-5)18-20-27/h9-20,24,28H,7-8,21-22H2,1-6H3,(H,33,37)/t24-,28+/m0/s1. The highest BCUT2D eigenvalue weighted by atomic mass is 32.2. The molecule has 0 spiro atoms. The first-order valence-electron chi connectivity index (χ1n) is 14.0. The first kappa shape index (κ1) is 32.5. The summed E-state index contributed by atoms with van der Waals surface area (Å²) in [4.78, 5) is 29.1. The molecular formula is C32H41N3O6S. The van der Waals surface area contributed by atoms with Crippen molar-refractivity contribution in [3.63, 3.8) is 0 Å². The number of nitrogens with one attached hydrogen (secondary N) is 1. The topological polar surface area (TPSA) is 105 Å². The van der Waals surface area contributed by atoms with E-state index >= 15 is 0 Å². The van der Waals surface area contributed by atoms with Gasteiger partial charge in [0.15, 0.2) is 0 Å². The minimum Gasteiger partial charge on any atom is -0.497 e. The van der Waals surface area contributed by atoms with E-state index in [-0.39, 0.29) is 34.8 Å². The van der Waals surface area contributed by atoms with Crippen LogP contribution < -0.4 is 19.1 Å². The molecule has 3 rings (SSSR count). The summed E-state index contributed by atoms with van der Waals surface area (Å²) >= 11 is 0. The van der Waals surface area contributed by atoms with Gasteiger partial charge in [-0.3, -0.25) is 13.9 Å². The van der Waals surface area contributed by atoms with E-state index in [2.05, 4.69) is 5.32 Å². The number of sulfonamides is 1. The lowest BCUT2D eigenvalue weighted by Gasteiger charge is -2.34. The average Bonchev–Trinajstić information content (AvgIpc) is 3.00. The molecule has 2 atom stereocenters. The van der Waals surface area contributed by atoms with E-state index in [0.717, 1.165) is 21.9 Å². The molecule has 0 heterocycles. The van der Waals surface area contributed by atoms with Crippen LogP contribution in [0.4, 0.5) is 5.69 Å². The van der Waals surface area contributed by atoms with Crippen LogP contribution in [0, 0.1) is 6.92 Å². The highest BCUT2D eigenvalue weighted by Gasteiger charge is 2.35. The summed E-state index contributed by atoms with van der Waals surface area (Å²) in [6, 6.07) is 19.4. The fourth-order valence-electron chi connectivity index (χ4n) is 4.47. The van der Waals surface area contributed by atoms with Crippen LogP contribution in [-0.4, -0.2) is 58.0 Å². The van der Waals surface area contributed by atoms with Gasteiger partial charge < -0.3 is 19.7 Å². The van der Waals surface area contributed by atoms with Gasteiger partial charge in [-0.1, -0.05) is 55.8 Å². The summed E-state index contributed by atoms with van der Waals surface area (Å²) in [5.41, 5.74) is 2.09. The van der Waals surface area contributed by atoms with E-state index in [1.54, 1.807) is 36.4 Å². The van der Waals surface area contributed by atoms with E-state index in [1.807, 2.05) is 52.0 Å². The summed E-state index contributed by atoms with van der Waals surface area (Å²) in [6.07, 6.45) is 1.08. The Balaban J connectivity index is 2.09. The van der Waals surface area contributed by atoms with Crippen molar-refractivity contribution in [2.24, 2.45) is 0 Å². The van der Waals surface area contributed by atoms with Crippen molar-refractivity contribution in [2.45, 2.75) is 64.1 Å². The first-order chi connectivity index (χ1) is 20.0. The number of carbonyl (C=O) groups is 2. The third kappa shape index (κ3) is 7.82. The second kappa shape index (κ2) is 14.7. The molecule has 0 fully saturated rings. The van der Waals surface area contributed by atoms with Crippen LogP contribution in [0.2, 0.25) is 0 Å². The number of hydrogen-bond acceptors (Lipinski definition) is 6. The second-order valence-electron chi connectivity index (χ2n) is 10.1. The van der Waals surface area contributed by atoms with Crippen molar-refractivity contribution in [3.8, 4) is 11.5 Å². The number of aryl methyl sites for hydroxylation is 1. The van der Waals surface area contributed by atoms with Gasteiger partial charge in [0.1, 0.15) is 24.1 Å².